The molecule has 1 aliphatic rings. The summed E-state index contributed by atoms with van der Waals surface area (Å²) in [4.78, 5) is 0. The molecule has 0 spiro atoms. The van der Waals surface area contributed by atoms with Gasteiger partial charge in [0.05, 0.1) is 6.10 Å². The van der Waals surface area contributed by atoms with E-state index in [1.165, 1.54) is 31.0 Å². The van der Waals surface area contributed by atoms with Crippen LogP contribution in [0.2, 0.25) is 0 Å². The maximum atomic E-state index is 12.3. The summed E-state index contributed by atoms with van der Waals surface area (Å²) in [6.45, 7) is 0. The van der Waals surface area contributed by atoms with Gasteiger partial charge in [-0.2, -0.15) is 0 Å². The second-order valence-corrected chi connectivity index (χ2v) is 5.33. The molecule has 1 N–H and O–H groups in total. The lowest BCUT2D eigenvalue weighted by molar-refractivity contribution is -0.275. The molecule has 112 valence electrons. The van der Waals surface area contributed by atoms with Crippen molar-refractivity contribution in [2.75, 3.05) is 0 Å². The monoisotopic (exact) mass is 288 g/mol. The third-order valence-electron chi connectivity index (χ3n) is 3.83. The molecular formula is C15H19F3O2. The lowest BCUT2D eigenvalue weighted by Gasteiger charge is -2.18. The maximum Gasteiger partial charge on any atom is 0.573 e. The highest BCUT2D eigenvalue weighted by Gasteiger charge is 2.32. The zero-order valence-corrected chi connectivity index (χ0v) is 11.2. The van der Waals surface area contributed by atoms with Gasteiger partial charge in [-0.1, -0.05) is 43.9 Å². The van der Waals surface area contributed by atoms with Crippen LogP contribution in [0, 0.1) is 5.92 Å². The number of aliphatic hydroxyl groups is 1. The quantitative estimate of drug-likeness (QED) is 0.858. The minimum absolute atomic E-state index is 0.211. The molecule has 0 amide bonds. The number of halogens is 3. The molecular weight excluding hydrogens is 269 g/mol. The molecule has 1 aromatic carbocycles. The summed E-state index contributed by atoms with van der Waals surface area (Å²) in [5, 5.41) is 10.1. The molecule has 0 bridgehead atoms. The number of para-hydroxylation sites is 1. The summed E-state index contributed by atoms with van der Waals surface area (Å²) < 4.78 is 40.9. The molecule has 2 nitrogen and oxygen atoms in total. The van der Waals surface area contributed by atoms with Gasteiger partial charge in [-0.05, 0) is 24.8 Å². The number of benzene rings is 1. The van der Waals surface area contributed by atoms with Crippen molar-refractivity contribution in [2.45, 2.75) is 51.0 Å². The van der Waals surface area contributed by atoms with E-state index in [0.717, 1.165) is 19.3 Å². The minimum atomic E-state index is -4.73. The van der Waals surface area contributed by atoms with Gasteiger partial charge in [-0.3, -0.25) is 0 Å². The van der Waals surface area contributed by atoms with Crippen LogP contribution >= 0.6 is 0 Å². The molecule has 20 heavy (non-hydrogen) atoms. The first-order chi connectivity index (χ1) is 9.46. The highest BCUT2D eigenvalue weighted by molar-refractivity contribution is 5.35. The van der Waals surface area contributed by atoms with Crippen LogP contribution in [-0.4, -0.2) is 11.5 Å². The van der Waals surface area contributed by atoms with E-state index in [9.17, 15) is 18.3 Å². The van der Waals surface area contributed by atoms with Gasteiger partial charge >= 0.3 is 6.36 Å². The van der Waals surface area contributed by atoms with Gasteiger partial charge in [0.2, 0.25) is 0 Å². The van der Waals surface area contributed by atoms with Gasteiger partial charge in [0, 0.05) is 5.56 Å². The van der Waals surface area contributed by atoms with Gasteiger partial charge in [-0.25, -0.2) is 0 Å². The Balaban J connectivity index is 1.99. The van der Waals surface area contributed by atoms with Gasteiger partial charge in [0.25, 0.3) is 0 Å². The third-order valence-corrected chi connectivity index (χ3v) is 3.83. The molecule has 0 aliphatic heterocycles. The molecule has 1 atom stereocenters. The van der Waals surface area contributed by atoms with Gasteiger partial charge in [-0.15, -0.1) is 13.2 Å². The van der Waals surface area contributed by atoms with E-state index in [2.05, 4.69) is 4.74 Å². The lowest BCUT2D eigenvalue weighted by atomic mass is 9.96. The van der Waals surface area contributed by atoms with Crippen LogP contribution in [0.4, 0.5) is 13.2 Å². The van der Waals surface area contributed by atoms with Crippen LogP contribution in [0.5, 0.6) is 5.75 Å². The van der Waals surface area contributed by atoms with Crippen LogP contribution in [0.15, 0.2) is 24.3 Å². The van der Waals surface area contributed by atoms with E-state index in [1.54, 1.807) is 6.07 Å². The molecule has 1 aliphatic carbocycles. The standard InChI is InChI=1S/C15H19F3O2/c16-15(17,18)20-14-8-4-3-7-12(14)13(19)10-9-11-5-1-2-6-11/h3-4,7-8,11,13,19H,1-2,5-6,9-10H2. The first kappa shape index (κ1) is 15.2. The Morgan fingerprint density at radius 2 is 1.85 bits per heavy atom. The molecule has 1 fully saturated rings. The second kappa shape index (κ2) is 6.48. The predicted molar refractivity (Wildman–Crippen MR) is 69.3 cm³/mol. The van der Waals surface area contributed by atoms with E-state index in [4.69, 9.17) is 0 Å². The summed E-state index contributed by atoms with van der Waals surface area (Å²) in [7, 11) is 0. The summed E-state index contributed by atoms with van der Waals surface area (Å²) >= 11 is 0. The number of hydrogen-bond donors (Lipinski definition) is 1. The average molecular weight is 288 g/mol. The predicted octanol–water partition coefficient (Wildman–Crippen LogP) is 4.59. The second-order valence-electron chi connectivity index (χ2n) is 5.33. The summed E-state index contributed by atoms with van der Waals surface area (Å²) in [5.41, 5.74) is 0.211. The SMILES string of the molecule is OC(CCC1CCCC1)c1ccccc1OC(F)(F)F. The Morgan fingerprint density at radius 3 is 2.50 bits per heavy atom. The zero-order chi connectivity index (χ0) is 14.6. The van der Waals surface area contributed by atoms with Gasteiger partial charge in [0.1, 0.15) is 5.75 Å². The first-order valence-electron chi connectivity index (χ1n) is 6.98. The smallest absolute Gasteiger partial charge is 0.405 e. The molecule has 0 radical (unpaired) electrons. The van der Waals surface area contributed by atoms with Gasteiger partial charge < -0.3 is 9.84 Å². The molecule has 1 saturated carbocycles. The molecule has 0 aromatic heterocycles. The number of hydrogen-bond acceptors (Lipinski definition) is 2. The fourth-order valence-electron chi connectivity index (χ4n) is 2.82. The van der Waals surface area contributed by atoms with Crippen molar-refractivity contribution in [3.05, 3.63) is 29.8 Å². The minimum Gasteiger partial charge on any atom is -0.405 e. The van der Waals surface area contributed by atoms with Crippen LogP contribution in [0.1, 0.15) is 50.2 Å². The van der Waals surface area contributed by atoms with E-state index in [0.29, 0.717) is 12.3 Å². The Morgan fingerprint density at radius 1 is 1.20 bits per heavy atom. The van der Waals surface area contributed by atoms with E-state index in [1.807, 2.05) is 0 Å². The fourth-order valence-corrected chi connectivity index (χ4v) is 2.82. The van der Waals surface area contributed by atoms with E-state index < -0.39 is 12.5 Å². The van der Waals surface area contributed by atoms with Crippen molar-refractivity contribution in [2.24, 2.45) is 5.92 Å². The highest BCUT2D eigenvalue weighted by Crippen LogP contribution is 2.35. The number of rotatable bonds is 5. The average Bonchev–Trinajstić information content (AvgIpc) is 2.88. The molecule has 0 saturated heterocycles. The van der Waals surface area contributed by atoms with E-state index in [-0.39, 0.29) is 11.3 Å². The normalized spacial score (nSPS) is 18.2. The number of aliphatic hydroxyl groups excluding tert-OH is 1. The summed E-state index contributed by atoms with van der Waals surface area (Å²) in [6.07, 6.45) is 0.435. The Bertz CT molecular complexity index is 425. The van der Waals surface area contributed by atoms with E-state index >= 15 is 0 Å². The van der Waals surface area contributed by atoms with Crippen molar-refractivity contribution < 1.29 is 23.0 Å². The molecule has 2 rings (SSSR count). The number of alkyl halides is 3. The topological polar surface area (TPSA) is 29.5 Å². The maximum absolute atomic E-state index is 12.3. The Labute approximate surface area is 116 Å². The van der Waals surface area contributed by atoms with Crippen molar-refractivity contribution in [3.63, 3.8) is 0 Å². The van der Waals surface area contributed by atoms with Crippen molar-refractivity contribution >= 4 is 0 Å². The number of ether oxygens (including phenoxy) is 1. The summed E-state index contributed by atoms with van der Waals surface area (Å²) in [6, 6.07) is 5.80. The van der Waals surface area contributed by atoms with Crippen molar-refractivity contribution in [1.29, 1.82) is 0 Å². The largest absolute Gasteiger partial charge is 0.573 e. The van der Waals surface area contributed by atoms with Crippen LogP contribution in [-0.2, 0) is 0 Å². The van der Waals surface area contributed by atoms with Crippen LogP contribution in [0.3, 0.4) is 0 Å². The first-order valence-corrected chi connectivity index (χ1v) is 6.98. The fraction of sp³-hybridized carbons (Fsp3) is 0.600. The zero-order valence-electron chi connectivity index (χ0n) is 11.2. The van der Waals surface area contributed by atoms with Gasteiger partial charge in [0.15, 0.2) is 0 Å². The van der Waals surface area contributed by atoms with Crippen LogP contribution in [0.25, 0.3) is 0 Å². The molecule has 0 heterocycles. The lowest BCUT2D eigenvalue weighted by Crippen LogP contribution is -2.18. The van der Waals surface area contributed by atoms with Crippen molar-refractivity contribution in [1.82, 2.24) is 0 Å². The van der Waals surface area contributed by atoms with Crippen molar-refractivity contribution in [3.8, 4) is 5.75 Å². The highest BCUT2D eigenvalue weighted by atomic mass is 19.4. The Kier molecular flexibility index (Phi) is 4.91. The summed E-state index contributed by atoms with van der Waals surface area (Å²) in [5.74, 6) is 0.291. The Hall–Kier alpha value is -1.23. The molecule has 1 aromatic rings. The molecule has 5 heteroatoms. The molecule has 1 unspecified atom stereocenters. The van der Waals surface area contributed by atoms with Crippen LogP contribution < -0.4 is 4.74 Å². The third kappa shape index (κ3) is 4.40.